The molecule has 1 amide bonds. The number of ether oxygens (including phenoxy) is 1. The van der Waals surface area contributed by atoms with Crippen LogP contribution in [0, 0.1) is 0 Å². The van der Waals surface area contributed by atoms with Gasteiger partial charge in [0.25, 0.3) is 0 Å². The molecule has 1 aliphatic rings. The molecule has 0 aliphatic carbocycles. The average molecular weight is 395 g/mol. The predicted molar refractivity (Wildman–Crippen MR) is 116 cm³/mol. The van der Waals surface area contributed by atoms with E-state index in [9.17, 15) is 9.59 Å². The maximum atomic E-state index is 12.3. The van der Waals surface area contributed by atoms with Crippen LogP contribution in [0.3, 0.4) is 0 Å². The minimum absolute atomic E-state index is 0.0304. The molecule has 2 aromatic rings. The smallest absolute Gasteiger partial charge is 0.220 e. The molecule has 154 valence electrons. The molecule has 0 bridgehead atoms. The lowest BCUT2D eigenvalue weighted by Gasteiger charge is -2.17. The first-order valence-electron chi connectivity index (χ1n) is 10.5. The number of benzene rings is 2. The third-order valence-electron chi connectivity index (χ3n) is 5.13. The van der Waals surface area contributed by atoms with Gasteiger partial charge in [-0.05, 0) is 61.2 Å². The summed E-state index contributed by atoms with van der Waals surface area (Å²) in [6.45, 7) is 5.44. The molecule has 1 heterocycles. The summed E-state index contributed by atoms with van der Waals surface area (Å²) in [6.07, 6.45) is 3.85. The molecular formula is C24H30N2O3. The van der Waals surface area contributed by atoms with E-state index in [-0.39, 0.29) is 24.5 Å². The van der Waals surface area contributed by atoms with Crippen molar-refractivity contribution in [1.29, 1.82) is 0 Å². The molecule has 0 aromatic heterocycles. The van der Waals surface area contributed by atoms with Crippen LogP contribution in [0.1, 0.15) is 54.9 Å². The summed E-state index contributed by atoms with van der Waals surface area (Å²) < 4.78 is 5.52. The van der Waals surface area contributed by atoms with Crippen LogP contribution >= 0.6 is 0 Å². The highest BCUT2D eigenvalue weighted by molar-refractivity contribution is 5.98. The molecule has 2 aromatic carbocycles. The lowest BCUT2D eigenvalue weighted by atomic mass is 10.1. The summed E-state index contributed by atoms with van der Waals surface area (Å²) in [5.74, 6) is 0.624. The summed E-state index contributed by atoms with van der Waals surface area (Å²) >= 11 is 0. The van der Waals surface area contributed by atoms with E-state index >= 15 is 0 Å². The first-order valence-corrected chi connectivity index (χ1v) is 10.5. The number of amides is 1. The van der Waals surface area contributed by atoms with Crippen LogP contribution in [0.25, 0.3) is 0 Å². The third kappa shape index (κ3) is 6.34. The molecule has 3 rings (SSSR count). The molecule has 0 spiro atoms. The van der Waals surface area contributed by atoms with Crippen LogP contribution in [-0.2, 0) is 11.3 Å². The number of nitrogens with one attached hydrogen (secondary N) is 1. The number of Topliss-reactive ketones (excluding diaryl/α,β-unsaturated/α-hetero) is 1. The van der Waals surface area contributed by atoms with Crippen LogP contribution in [0.2, 0.25) is 0 Å². The Kier molecular flexibility index (Phi) is 7.68. The van der Waals surface area contributed by atoms with E-state index in [1.807, 2.05) is 6.92 Å². The maximum absolute atomic E-state index is 12.3. The minimum Gasteiger partial charge on any atom is -0.494 e. The van der Waals surface area contributed by atoms with E-state index in [2.05, 4.69) is 34.5 Å². The molecule has 0 atom stereocenters. The summed E-state index contributed by atoms with van der Waals surface area (Å²) in [4.78, 5) is 26.8. The molecule has 5 nitrogen and oxygen atoms in total. The van der Waals surface area contributed by atoms with Gasteiger partial charge in [-0.1, -0.05) is 19.1 Å². The van der Waals surface area contributed by atoms with Gasteiger partial charge in [0.05, 0.1) is 6.61 Å². The van der Waals surface area contributed by atoms with Crippen molar-refractivity contribution < 1.29 is 14.3 Å². The van der Waals surface area contributed by atoms with Crippen molar-refractivity contribution in [3.05, 3.63) is 59.7 Å². The van der Waals surface area contributed by atoms with Gasteiger partial charge in [0.15, 0.2) is 5.78 Å². The van der Waals surface area contributed by atoms with Gasteiger partial charge < -0.3 is 15.0 Å². The van der Waals surface area contributed by atoms with Crippen molar-refractivity contribution in [2.45, 2.75) is 45.6 Å². The third-order valence-corrected chi connectivity index (χ3v) is 5.13. The zero-order chi connectivity index (χ0) is 20.5. The van der Waals surface area contributed by atoms with Gasteiger partial charge in [-0.3, -0.25) is 9.59 Å². The van der Waals surface area contributed by atoms with Crippen molar-refractivity contribution in [2.75, 3.05) is 24.6 Å². The number of ketones is 1. The van der Waals surface area contributed by atoms with Crippen LogP contribution < -0.4 is 15.0 Å². The lowest BCUT2D eigenvalue weighted by molar-refractivity contribution is -0.121. The molecular weight excluding hydrogens is 364 g/mol. The van der Waals surface area contributed by atoms with Crippen molar-refractivity contribution in [2.24, 2.45) is 0 Å². The molecule has 0 radical (unpaired) electrons. The van der Waals surface area contributed by atoms with Gasteiger partial charge in [0, 0.05) is 43.7 Å². The monoisotopic (exact) mass is 394 g/mol. The Morgan fingerprint density at radius 1 is 0.966 bits per heavy atom. The number of rotatable bonds is 10. The Balaban J connectivity index is 1.39. The first kappa shape index (κ1) is 20.9. The van der Waals surface area contributed by atoms with E-state index in [4.69, 9.17) is 4.74 Å². The molecule has 1 saturated heterocycles. The summed E-state index contributed by atoms with van der Waals surface area (Å²) in [5, 5.41) is 2.90. The Bertz CT molecular complexity index is 794. The first-order chi connectivity index (χ1) is 14.2. The number of hydrogen-bond acceptors (Lipinski definition) is 4. The van der Waals surface area contributed by atoms with E-state index in [0.717, 1.165) is 30.8 Å². The molecule has 0 saturated carbocycles. The Hall–Kier alpha value is -2.82. The van der Waals surface area contributed by atoms with Gasteiger partial charge in [-0.25, -0.2) is 0 Å². The molecule has 0 unspecified atom stereocenters. The second-order valence-corrected chi connectivity index (χ2v) is 7.43. The maximum Gasteiger partial charge on any atom is 0.220 e. The summed E-state index contributed by atoms with van der Waals surface area (Å²) in [7, 11) is 0. The number of nitrogens with zero attached hydrogens (tertiary/aromatic N) is 1. The zero-order valence-electron chi connectivity index (χ0n) is 17.2. The molecule has 5 heteroatoms. The van der Waals surface area contributed by atoms with Crippen molar-refractivity contribution >= 4 is 17.4 Å². The number of hydrogen-bond donors (Lipinski definition) is 1. The Labute approximate surface area is 173 Å². The average Bonchev–Trinajstić information content (AvgIpc) is 3.30. The number of anilines is 1. The van der Waals surface area contributed by atoms with Gasteiger partial charge in [-0.15, -0.1) is 0 Å². The second kappa shape index (κ2) is 10.6. The summed E-state index contributed by atoms with van der Waals surface area (Å²) in [6, 6.07) is 15.5. The van der Waals surface area contributed by atoms with Crippen LogP contribution in [0.5, 0.6) is 5.75 Å². The fraction of sp³-hybridized carbons (Fsp3) is 0.417. The van der Waals surface area contributed by atoms with Gasteiger partial charge in [0.2, 0.25) is 5.91 Å². The molecule has 1 aliphatic heterocycles. The topological polar surface area (TPSA) is 58.6 Å². The van der Waals surface area contributed by atoms with Gasteiger partial charge >= 0.3 is 0 Å². The lowest BCUT2D eigenvalue weighted by Crippen LogP contribution is -2.23. The molecule has 1 fully saturated rings. The SMILES string of the molecule is CCCOc1ccc(C(=O)CCC(=O)NCc2ccc(N3CCCC3)cc2)cc1. The van der Waals surface area contributed by atoms with Crippen molar-refractivity contribution in [3.8, 4) is 5.75 Å². The fourth-order valence-electron chi connectivity index (χ4n) is 3.42. The Morgan fingerprint density at radius 2 is 1.66 bits per heavy atom. The molecule has 1 N–H and O–H groups in total. The predicted octanol–water partition coefficient (Wildman–Crippen LogP) is 4.35. The van der Waals surface area contributed by atoms with E-state index in [1.165, 1.54) is 18.5 Å². The fourth-order valence-corrected chi connectivity index (χ4v) is 3.42. The second-order valence-electron chi connectivity index (χ2n) is 7.43. The van der Waals surface area contributed by atoms with Gasteiger partial charge in [0.1, 0.15) is 5.75 Å². The highest BCUT2D eigenvalue weighted by atomic mass is 16.5. The van der Waals surface area contributed by atoms with Gasteiger partial charge in [-0.2, -0.15) is 0 Å². The Morgan fingerprint density at radius 3 is 2.31 bits per heavy atom. The van der Waals surface area contributed by atoms with Crippen molar-refractivity contribution in [1.82, 2.24) is 5.32 Å². The van der Waals surface area contributed by atoms with Crippen LogP contribution in [0.4, 0.5) is 5.69 Å². The zero-order valence-corrected chi connectivity index (χ0v) is 17.2. The van der Waals surface area contributed by atoms with Crippen LogP contribution in [-0.4, -0.2) is 31.4 Å². The minimum atomic E-state index is -0.107. The highest BCUT2D eigenvalue weighted by Gasteiger charge is 2.12. The van der Waals surface area contributed by atoms with Crippen LogP contribution in [0.15, 0.2) is 48.5 Å². The quantitative estimate of drug-likeness (QED) is 0.609. The number of carbonyl (C=O) groups is 2. The normalized spacial score (nSPS) is 13.3. The highest BCUT2D eigenvalue weighted by Crippen LogP contribution is 2.20. The molecule has 29 heavy (non-hydrogen) atoms. The van der Waals surface area contributed by atoms with E-state index in [0.29, 0.717) is 18.7 Å². The summed E-state index contributed by atoms with van der Waals surface area (Å²) in [5.41, 5.74) is 2.92. The largest absolute Gasteiger partial charge is 0.494 e. The number of carbonyl (C=O) groups excluding carboxylic acids is 2. The van der Waals surface area contributed by atoms with E-state index in [1.54, 1.807) is 24.3 Å². The standard InChI is InChI=1S/C24H30N2O3/c1-2-17-29-22-11-7-20(8-12-22)23(27)13-14-24(28)25-18-19-5-9-21(10-6-19)26-15-3-4-16-26/h5-12H,2-4,13-18H2,1H3,(H,25,28). The van der Waals surface area contributed by atoms with Crippen molar-refractivity contribution in [3.63, 3.8) is 0 Å². The van der Waals surface area contributed by atoms with E-state index < -0.39 is 0 Å².